The van der Waals surface area contributed by atoms with E-state index >= 15 is 0 Å². The first-order valence-corrected chi connectivity index (χ1v) is 14.9. The SMILES string of the molecule is CCCOC(=O)NCC(O)CCOc1ccc([C@H]2c3[nH]c4ccc(Cl)cc4c3CCN2C(=O)Oc2ccc(C)cc2)cc1. The van der Waals surface area contributed by atoms with Gasteiger partial charge >= 0.3 is 12.2 Å². The van der Waals surface area contributed by atoms with Crippen LogP contribution in [0.4, 0.5) is 9.59 Å². The summed E-state index contributed by atoms with van der Waals surface area (Å²) in [7, 11) is 0. The number of aromatic amines is 1. The van der Waals surface area contributed by atoms with Crippen molar-refractivity contribution in [2.24, 2.45) is 0 Å². The summed E-state index contributed by atoms with van der Waals surface area (Å²) in [6.07, 6.45) is -0.0212. The topological polar surface area (TPSA) is 113 Å². The van der Waals surface area contributed by atoms with Crippen molar-refractivity contribution in [2.75, 3.05) is 26.3 Å². The lowest BCUT2D eigenvalue weighted by molar-refractivity contribution is 0.118. The van der Waals surface area contributed by atoms with Gasteiger partial charge in [0.25, 0.3) is 0 Å². The summed E-state index contributed by atoms with van der Waals surface area (Å²) in [5, 5.41) is 14.4. The molecule has 10 heteroatoms. The minimum atomic E-state index is -0.766. The van der Waals surface area contributed by atoms with E-state index in [1.807, 2.05) is 68.4 Å². The van der Waals surface area contributed by atoms with Crippen LogP contribution in [-0.2, 0) is 11.2 Å². The second kappa shape index (κ2) is 13.8. The minimum Gasteiger partial charge on any atom is -0.493 e. The van der Waals surface area contributed by atoms with Crippen LogP contribution >= 0.6 is 11.6 Å². The highest BCUT2D eigenvalue weighted by atomic mass is 35.5. The molecular formula is C33H36ClN3O6. The van der Waals surface area contributed by atoms with Crippen molar-refractivity contribution in [2.45, 2.75) is 45.3 Å². The first kappa shape index (κ1) is 30.3. The van der Waals surface area contributed by atoms with Crippen LogP contribution in [0.1, 0.15) is 48.2 Å². The Bertz CT molecular complexity index is 1550. The number of aliphatic hydroxyl groups is 1. The highest BCUT2D eigenvalue weighted by molar-refractivity contribution is 6.31. The Morgan fingerprint density at radius 1 is 1.07 bits per heavy atom. The summed E-state index contributed by atoms with van der Waals surface area (Å²) in [5.41, 5.74) is 4.98. The van der Waals surface area contributed by atoms with Crippen molar-refractivity contribution in [1.29, 1.82) is 0 Å². The number of ether oxygens (including phenoxy) is 3. The molecule has 0 saturated heterocycles. The third-order valence-electron chi connectivity index (χ3n) is 7.38. The number of carbonyl (C=O) groups is 2. The molecule has 0 fully saturated rings. The Balaban J connectivity index is 1.30. The summed E-state index contributed by atoms with van der Waals surface area (Å²) < 4.78 is 16.6. The number of nitrogens with zero attached hydrogens (tertiary/aromatic N) is 1. The lowest BCUT2D eigenvalue weighted by Gasteiger charge is -2.35. The van der Waals surface area contributed by atoms with E-state index in [1.54, 1.807) is 17.0 Å². The second-order valence-electron chi connectivity index (χ2n) is 10.6. The summed E-state index contributed by atoms with van der Waals surface area (Å²) in [6, 6.07) is 20.3. The average molecular weight is 606 g/mol. The summed E-state index contributed by atoms with van der Waals surface area (Å²) in [5.74, 6) is 1.11. The van der Waals surface area contributed by atoms with E-state index in [-0.39, 0.29) is 13.2 Å². The van der Waals surface area contributed by atoms with Gasteiger partial charge in [0, 0.05) is 41.1 Å². The van der Waals surface area contributed by atoms with Crippen molar-refractivity contribution in [3.05, 3.63) is 94.1 Å². The van der Waals surface area contributed by atoms with Gasteiger partial charge in [0.1, 0.15) is 17.5 Å². The molecule has 2 atom stereocenters. The number of hydrogen-bond donors (Lipinski definition) is 3. The van der Waals surface area contributed by atoms with Crippen molar-refractivity contribution < 1.29 is 28.9 Å². The van der Waals surface area contributed by atoms with Gasteiger partial charge in [0.2, 0.25) is 0 Å². The zero-order chi connectivity index (χ0) is 30.3. The van der Waals surface area contributed by atoms with Crippen LogP contribution in [0, 0.1) is 6.92 Å². The number of carbonyl (C=O) groups excluding carboxylic acids is 2. The predicted octanol–water partition coefficient (Wildman–Crippen LogP) is 6.54. The number of rotatable bonds is 10. The fraction of sp³-hybridized carbons (Fsp3) is 0.333. The molecule has 226 valence electrons. The van der Waals surface area contributed by atoms with E-state index in [2.05, 4.69) is 10.3 Å². The lowest BCUT2D eigenvalue weighted by atomic mass is 9.92. The number of H-pyrrole nitrogens is 1. The maximum Gasteiger partial charge on any atom is 0.416 e. The molecule has 2 heterocycles. The van der Waals surface area contributed by atoms with Crippen molar-refractivity contribution in [3.8, 4) is 11.5 Å². The predicted molar refractivity (Wildman–Crippen MR) is 165 cm³/mol. The van der Waals surface area contributed by atoms with Gasteiger partial charge < -0.3 is 29.6 Å². The Morgan fingerprint density at radius 2 is 1.81 bits per heavy atom. The zero-order valence-corrected chi connectivity index (χ0v) is 25.0. The van der Waals surface area contributed by atoms with Crippen LogP contribution in [0.3, 0.4) is 0 Å². The van der Waals surface area contributed by atoms with E-state index < -0.39 is 24.3 Å². The first-order chi connectivity index (χ1) is 20.8. The Hall–Kier alpha value is -4.21. The van der Waals surface area contributed by atoms with E-state index in [0.29, 0.717) is 42.5 Å². The van der Waals surface area contributed by atoms with E-state index in [0.717, 1.165) is 39.7 Å². The molecule has 2 amide bonds. The van der Waals surface area contributed by atoms with Crippen LogP contribution in [-0.4, -0.2) is 59.6 Å². The molecule has 4 aromatic rings. The van der Waals surface area contributed by atoms with Gasteiger partial charge in [0.15, 0.2) is 0 Å². The third-order valence-corrected chi connectivity index (χ3v) is 7.62. The normalized spacial score (nSPS) is 15.1. The highest BCUT2D eigenvalue weighted by Crippen LogP contribution is 2.40. The minimum absolute atomic E-state index is 0.0824. The Kier molecular flexibility index (Phi) is 9.74. The monoisotopic (exact) mass is 605 g/mol. The van der Waals surface area contributed by atoms with Crippen LogP contribution < -0.4 is 14.8 Å². The number of halogens is 1. The molecule has 9 nitrogen and oxygen atoms in total. The first-order valence-electron chi connectivity index (χ1n) is 14.5. The fourth-order valence-electron chi connectivity index (χ4n) is 5.18. The van der Waals surface area contributed by atoms with Gasteiger partial charge in [-0.1, -0.05) is 48.4 Å². The molecule has 0 saturated carbocycles. The van der Waals surface area contributed by atoms with Crippen molar-refractivity contribution >= 4 is 34.7 Å². The molecule has 1 aromatic heterocycles. The van der Waals surface area contributed by atoms with Gasteiger partial charge in [-0.15, -0.1) is 0 Å². The molecule has 0 aliphatic carbocycles. The second-order valence-corrected chi connectivity index (χ2v) is 11.0. The number of aryl methyl sites for hydroxylation is 1. The van der Waals surface area contributed by atoms with Crippen molar-refractivity contribution in [3.63, 3.8) is 0 Å². The number of hydrogen-bond acceptors (Lipinski definition) is 6. The van der Waals surface area contributed by atoms with E-state index in [1.165, 1.54) is 0 Å². The van der Waals surface area contributed by atoms with E-state index in [9.17, 15) is 14.7 Å². The highest BCUT2D eigenvalue weighted by Gasteiger charge is 2.35. The van der Waals surface area contributed by atoms with E-state index in [4.69, 9.17) is 25.8 Å². The Morgan fingerprint density at radius 3 is 2.56 bits per heavy atom. The molecule has 3 N–H and O–H groups in total. The summed E-state index contributed by atoms with van der Waals surface area (Å²) in [4.78, 5) is 30.4. The molecule has 1 aliphatic heterocycles. The van der Waals surface area contributed by atoms with Crippen molar-refractivity contribution in [1.82, 2.24) is 15.2 Å². The number of aromatic nitrogens is 1. The largest absolute Gasteiger partial charge is 0.493 e. The average Bonchev–Trinajstić information content (AvgIpc) is 3.38. The molecule has 0 spiro atoms. The smallest absolute Gasteiger partial charge is 0.416 e. The molecule has 43 heavy (non-hydrogen) atoms. The maximum atomic E-state index is 13.5. The number of nitrogens with one attached hydrogen (secondary N) is 2. The summed E-state index contributed by atoms with van der Waals surface area (Å²) in [6.45, 7) is 5.04. The number of alkyl carbamates (subject to hydrolysis) is 1. The molecule has 0 radical (unpaired) electrons. The number of fused-ring (bicyclic) bond motifs is 3. The van der Waals surface area contributed by atoms with Crippen LogP contribution in [0.2, 0.25) is 5.02 Å². The molecular weight excluding hydrogens is 570 g/mol. The van der Waals surface area contributed by atoms with Crippen LogP contribution in [0.5, 0.6) is 11.5 Å². The standard InChI is InChI=1S/C33H36ClN3O6/c1-3-17-42-32(39)35-20-24(38)15-18-41-25-11-6-22(7-12-25)31-30-27(28-19-23(34)8-13-29(28)36-30)14-16-37(31)33(40)43-26-9-4-21(2)5-10-26/h4-13,19,24,31,36,38H,3,14-18,20H2,1-2H3,(H,35,39)/t24?,31-/m0/s1. The lowest BCUT2D eigenvalue weighted by Crippen LogP contribution is -2.42. The number of benzene rings is 3. The third kappa shape index (κ3) is 7.42. The maximum absolute atomic E-state index is 13.5. The molecule has 1 unspecified atom stereocenters. The van der Waals surface area contributed by atoms with Crippen LogP contribution in [0.15, 0.2) is 66.7 Å². The van der Waals surface area contributed by atoms with Crippen LogP contribution in [0.25, 0.3) is 10.9 Å². The van der Waals surface area contributed by atoms with Gasteiger partial charge in [-0.25, -0.2) is 9.59 Å². The molecule has 3 aromatic carbocycles. The van der Waals surface area contributed by atoms with Gasteiger partial charge in [-0.3, -0.25) is 4.90 Å². The molecule has 0 bridgehead atoms. The Labute approximate surface area is 255 Å². The number of aliphatic hydroxyl groups excluding tert-OH is 1. The molecule has 5 rings (SSSR count). The van der Waals surface area contributed by atoms with Gasteiger partial charge in [-0.05, 0) is 73.4 Å². The quantitative estimate of drug-likeness (QED) is 0.189. The zero-order valence-electron chi connectivity index (χ0n) is 24.3. The fourth-order valence-corrected chi connectivity index (χ4v) is 5.35. The van der Waals surface area contributed by atoms with Gasteiger partial charge in [-0.2, -0.15) is 0 Å². The molecule has 1 aliphatic rings. The number of amides is 2. The van der Waals surface area contributed by atoms with Gasteiger partial charge in [0.05, 0.1) is 19.3 Å². The summed E-state index contributed by atoms with van der Waals surface area (Å²) >= 11 is 6.33.